The van der Waals surface area contributed by atoms with Gasteiger partial charge in [0.15, 0.2) is 0 Å². The van der Waals surface area contributed by atoms with Gasteiger partial charge in [0.05, 0.1) is 28.7 Å². The molecule has 0 aliphatic carbocycles. The maximum absolute atomic E-state index is 12.9. The highest BCUT2D eigenvalue weighted by molar-refractivity contribution is 5.98. The Labute approximate surface area is 158 Å². The van der Waals surface area contributed by atoms with Gasteiger partial charge in [0.2, 0.25) is 0 Å². The van der Waals surface area contributed by atoms with Crippen LogP contribution in [0, 0.1) is 12.8 Å². The number of pyridine rings is 3. The van der Waals surface area contributed by atoms with E-state index in [1.165, 1.54) is 0 Å². The van der Waals surface area contributed by atoms with Crippen LogP contribution >= 0.6 is 0 Å². The summed E-state index contributed by atoms with van der Waals surface area (Å²) in [7, 11) is 0. The topological polar surface area (TPSA) is 76.9 Å². The van der Waals surface area contributed by atoms with Gasteiger partial charge in [-0.1, -0.05) is 19.9 Å². The van der Waals surface area contributed by atoms with Crippen molar-refractivity contribution in [3.05, 3.63) is 70.0 Å². The third-order valence-corrected chi connectivity index (χ3v) is 4.47. The summed E-state index contributed by atoms with van der Waals surface area (Å²) in [6.45, 7) is 7.04. The molecular weight excluding hydrogens is 340 g/mol. The molecule has 0 fully saturated rings. The first-order chi connectivity index (χ1) is 13.0. The summed E-state index contributed by atoms with van der Waals surface area (Å²) < 4.78 is 1.61. The smallest absolute Gasteiger partial charge is 0.260 e. The summed E-state index contributed by atoms with van der Waals surface area (Å²) in [4.78, 5) is 33.9. The molecule has 0 aliphatic heterocycles. The van der Waals surface area contributed by atoms with E-state index >= 15 is 0 Å². The molecule has 3 aromatic heterocycles. The standard InChI is InChI=1S/C21H24N4O2/c1-14(2)6-9-23-20(26)17-11-18-19(24-15(17)3)7-10-25(21(18)27)13-16-5-4-8-22-12-16/h4-5,7-8,10-12,14H,6,9,13H2,1-3H3,(H,23,26). The molecule has 6 nitrogen and oxygen atoms in total. The van der Waals surface area contributed by atoms with Crippen molar-refractivity contribution >= 4 is 16.8 Å². The first kappa shape index (κ1) is 18.8. The van der Waals surface area contributed by atoms with Gasteiger partial charge in [-0.2, -0.15) is 0 Å². The van der Waals surface area contributed by atoms with E-state index in [0.717, 1.165) is 12.0 Å². The number of aryl methyl sites for hydroxylation is 1. The number of aromatic nitrogens is 3. The molecule has 0 radical (unpaired) electrons. The molecule has 0 spiro atoms. The summed E-state index contributed by atoms with van der Waals surface area (Å²) in [5.41, 5.74) is 2.43. The summed E-state index contributed by atoms with van der Waals surface area (Å²) >= 11 is 0. The van der Waals surface area contributed by atoms with Crippen molar-refractivity contribution in [2.75, 3.05) is 6.54 Å². The lowest BCUT2D eigenvalue weighted by atomic mass is 10.1. The summed E-state index contributed by atoms with van der Waals surface area (Å²) in [6.07, 6.45) is 6.07. The second-order valence-corrected chi connectivity index (χ2v) is 7.10. The van der Waals surface area contributed by atoms with E-state index in [2.05, 4.69) is 29.1 Å². The van der Waals surface area contributed by atoms with Crippen molar-refractivity contribution < 1.29 is 4.79 Å². The van der Waals surface area contributed by atoms with E-state index in [1.807, 2.05) is 12.1 Å². The number of carbonyl (C=O) groups is 1. The Morgan fingerprint density at radius 2 is 2.11 bits per heavy atom. The van der Waals surface area contributed by atoms with Crippen LogP contribution in [-0.4, -0.2) is 27.0 Å². The van der Waals surface area contributed by atoms with Crippen LogP contribution in [-0.2, 0) is 6.54 Å². The third kappa shape index (κ3) is 4.39. The lowest BCUT2D eigenvalue weighted by Crippen LogP contribution is -2.27. The average molecular weight is 364 g/mol. The predicted octanol–water partition coefficient (Wildman–Crippen LogP) is 2.92. The molecule has 3 aromatic rings. The first-order valence-corrected chi connectivity index (χ1v) is 9.13. The number of carbonyl (C=O) groups excluding carboxylic acids is 1. The fourth-order valence-corrected chi connectivity index (χ4v) is 2.92. The minimum absolute atomic E-state index is 0.167. The van der Waals surface area contributed by atoms with E-state index in [4.69, 9.17) is 0 Å². The van der Waals surface area contributed by atoms with Gasteiger partial charge in [-0.3, -0.25) is 19.6 Å². The van der Waals surface area contributed by atoms with Crippen LogP contribution in [0.1, 0.15) is 41.9 Å². The zero-order chi connectivity index (χ0) is 19.4. The van der Waals surface area contributed by atoms with Crippen LogP contribution in [0.15, 0.2) is 47.7 Å². The average Bonchev–Trinajstić information content (AvgIpc) is 2.64. The molecule has 0 saturated carbocycles. The minimum atomic E-state index is -0.190. The number of amides is 1. The van der Waals surface area contributed by atoms with Crippen LogP contribution in [0.25, 0.3) is 10.9 Å². The molecule has 140 valence electrons. The van der Waals surface area contributed by atoms with E-state index in [1.54, 1.807) is 42.2 Å². The Hall–Kier alpha value is -3.02. The second kappa shape index (κ2) is 8.12. The van der Waals surface area contributed by atoms with Crippen LogP contribution in [0.4, 0.5) is 0 Å². The molecule has 6 heteroatoms. The Kier molecular flexibility index (Phi) is 5.64. The fourth-order valence-electron chi connectivity index (χ4n) is 2.92. The number of nitrogens with zero attached hydrogens (tertiary/aromatic N) is 3. The molecule has 27 heavy (non-hydrogen) atoms. The maximum atomic E-state index is 12.9. The molecule has 0 aromatic carbocycles. The van der Waals surface area contributed by atoms with Crippen molar-refractivity contribution in [2.45, 2.75) is 33.7 Å². The van der Waals surface area contributed by atoms with Crippen LogP contribution in [0.2, 0.25) is 0 Å². The number of nitrogens with one attached hydrogen (secondary N) is 1. The Bertz CT molecular complexity index is 1010. The van der Waals surface area contributed by atoms with E-state index in [-0.39, 0.29) is 11.5 Å². The number of hydrogen-bond acceptors (Lipinski definition) is 4. The second-order valence-electron chi connectivity index (χ2n) is 7.10. The van der Waals surface area contributed by atoms with Gasteiger partial charge < -0.3 is 9.88 Å². The quantitative estimate of drug-likeness (QED) is 0.730. The molecule has 1 N–H and O–H groups in total. The predicted molar refractivity (Wildman–Crippen MR) is 106 cm³/mol. The molecule has 0 saturated heterocycles. The van der Waals surface area contributed by atoms with E-state index in [9.17, 15) is 9.59 Å². The van der Waals surface area contributed by atoms with Gasteiger partial charge >= 0.3 is 0 Å². The SMILES string of the molecule is Cc1nc2ccn(Cc3cccnc3)c(=O)c2cc1C(=O)NCCC(C)C. The highest BCUT2D eigenvalue weighted by atomic mass is 16.1. The highest BCUT2D eigenvalue weighted by Crippen LogP contribution is 2.14. The van der Waals surface area contributed by atoms with Gasteiger partial charge in [-0.25, -0.2) is 0 Å². The van der Waals surface area contributed by atoms with Gasteiger partial charge in [-0.15, -0.1) is 0 Å². The maximum Gasteiger partial charge on any atom is 0.260 e. The van der Waals surface area contributed by atoms with Crippen LogP contribution in [0.5, 0.6) is 0 Å². The molecule has 1 amide bonds. The number of rotatable bonds is 6. The fraction of sp³-hybridized carbons (Fsp3) is 0.333. The lowest BCUT2D eigenvalue weighted by molar-refractivity contribution is 0.0951. The summed E-state index contributed by atoms with van der Waals surface area (Å²) in [5, 5.41) is 3.36. The van der Waals surface area contributed by atoms with Crippen molar-refractivity contribution in [2.24, 2.45) is 5.92 Å². The number of hydrogen-bond donors (Lipinski definition) is 1. The van der Waals surface area contributed by atoms with E-state index < -0.39 is 0 Å². The van der Waals surface area contributed by atoms with Gasteiger partial charge in [-0.05, 0) is 43.0 Å². The zero-order valence-corrected chi connectivity index (χ0v) is 15.9. The molecular formula is C21H24N4O2. The molecule has 3 rings (SSSR count). The van der Waals surface area contributed by atoms with Crippen molar-refractivity contribution in [3.8, 4) is 0 Å². The van der Waals surface area contributed by atoms with E-state index in [0.29, 0.717) is 41.2 Å². The van der Waals surface area contributed by atoms with Crippen LogP contribution in [0.3, 0.4) is 0 Å². The van der Waals surface area contributed by atoms with Crippen molar-refractivity contribution in [1.82, 2.24) is 19.9 Å². The monoisotopic (exact) mass is 364 g/mol. The summed E-state index contributed by atoms with van der Waals surface area (Å²) in [6, 6.07) is 7.22. The molecule has 0 unspecified atom stereocenters. The van der Waals surface area contributed by atoms with Gasteiger partial charge in [0, 0.05) is 25.1 Å². The highest BCUT2D eigenvalue weighted by Gasteiger charge is 2.14. The van der Waals surface area contributed by atoms with Gasteiger partial charge in [0.1, 0.15) is 0 Å². The molecule has 0 bridgehead atoms. The van der Waals surface area contributed by atoms with Crippen molar-refractivity contribution in [1.29, 1.82) is 0 Å². The van der Waals surface area contributed by atoms with Crippen molar-refractivity contribution in [3.63, 3.8) is 0 Å². The first-order valence-electron chi connectivity index (χ1n) is 9.13. The normalized spacial score (nSPS) is 11.1. The minimum Gasteiger partial charge on any atom is -0.352 e. The largest absolute Gasteiger partial charge is 0.352 e. The third-order valence-electron chi connectivity index (χ3n) is 4.47. The Balaban J connectivity index is 1.93. The Morgan fingerprint density at radius 3 is 2.81 bits per heavy atom. The zero-order valence-electron chi connectivity index (χ0n) is 15.9. The molecule has 3 heterocycles. The molecule has 0 aliphatic rings. The number of fused-ring (bicyclic) bond motifs is 1. The van der Waals surface area contributed by atoms with Gasteiger partial charge in [0.25, 0.3) is 11.5 Å². The summed E-state index contributed by atoms with van der Waals surface area (Å²) in [5.74, 6) is 0.324. The lowest BCUT2D eigenvalue weighted by Gasteiger charge is -2.11. The Morgan fingerprint density at radius 1 is 1.30 bits per heavy atom. The molecule has 0 atom stereocenters. The van der Waals surface area contributed by atoms with Crippen LogP contribution < -0.4 is 10.9 Å².